The van der Waals surface area contributed by atoms with E-state index in [1.807, 2.05) is 0 Å². The lowest BCUT2D eigenvalue weighted by molar-refractivity contribution is -0.138. The smallest absolute Gasteiger partial charge is 0.255 e. The van der Waals surface area contributed by atoms with Crippen molar-refractivity contribution in [3.63, 3.8) is 0 Å². The van der Waals surface area contributed by atoms with Crippen molar-refractivity contribution in [3.05, 3.63) is 105 Å². The van der Waals surface area contributed by atoms with E-state index in [4.69, 9.17) is 39.4 Å². The molecule has 1 aliphatic heterocycles. The van der Waals surface area contributed by atoms with Gasteiger partial charge in [0.15, 0.2) is 5.84 Å². The zero-order valence-corrected chi connectivity index (χ0v) is 27.1. The molecule has 2 amide bonds. The van der Waals surface area contributed by atoms with Crippen LogP contribution in [-0.4, -0.2) is 49.3 Å². The molecule has 0 aromatic heterocycles. The number of halogens is 2. The number of nitrogens with one attached hydrogen (secondary N) is 3. The van der Waals surface area contributed by atoms with Gasteiger partial charge in [0, 0.05) is 33.3 Å². The zero-order valence-electron chi connectivity index (χ0n) is 24.8. The Morgan fingerprint density at radius 3 is 2.54 bits per heavy atom. The van der Waals surface area contributed by atoms with Crippen molar-refractivity contribution in [1.29, 1.82) is 5.53 Å². The molecule has 1 heterocycles. The predicted molar refractivity (Wildman–Crippen MR) is 174 cm³/mol. The number of fused-ring (bicyclic) bond motifs is 1. The molecule has 0 unspecified atom stereocenters. The molecule has 5 N–H and O–H groups in total. The zero-order chi connectivity index (χ0) is 33.0. The molecule has 1 saturated carbocycles. The maximum absolute atomic E-state index is 14.4. The van der Waals surface area contributed by atoms with E-state index in [0.29, 0.717) is 45.7 Å². The SMILES string of the molecule is CS(=O)(=O)N[C@H]1CCCC[C@@H]1N1C(=O)c2ccccc2[C@@H](C(=O)NOCc2cccc(/C(N=N)=N/N)c2)[C@@H]1c1ccc(Cl)cc1Cl. The van der Waals surface area contributed by atoms with Gasteiger partial charge in [0.05, 0.1) is 24.8 Å². The van der Waals surface area contributed by atoms with Crippen LogP contribution in [0.3, 0.4) is 0 Å². The summed E-state index contributed by atoms with van der Waals surface area (Å²) in [5.41, 5.74) is 12.3. The fourth-order valence-electron chi connectivity index (χ4n) is 6.35. The Balaban J connectivity index is 1.54. The molecular weight excluding hydrogens is 653 g/mol. The number of amides is 2. The van der Waals surface area contributed by atoms with Gasteiger partial charge in [-0.3, -0.25) is 14.4 Å². The average Bonchev–Trinajstić information content (AvgIpc) is 3.02. The van der Waals surface area contributed by atoms with Gasteiger partial charge in [0.25, 0.3) is 11.8 Å². The van der Waals surface area contributed by atoms with E-state index in [-0.39, 0.29) is 23.4 Å². The van der Waals surface area contributed by atoms with Gasteiger partial charge >= 0.3 is 0 Å². The van der Waals surface area contributed by atoms with Gasteiger partial charge in [-0.2, -0.15) is 5.10 Å². The van der Waals surface area contributed by atoms with Crippen molar-refractivity contribution >= 4 is 50.9 Å². The van der Waals surface area contributed by atoms with Crippen LogP contribution in [0.25, 0.3) is 0 Å². The van der Waals surface area contributed by atoms with Crippen LogP contribution in [0.1, 0.15) is 70.3 Å². The minimum atomic E-state index is -3.61. The second-order valence-electron chi connectivity index (χ2n) is 11.3. The number of sulfonamides is 1. The molecule has 4 atom stereocenters. The fraction of sp³-hybridized carbons (Fsp3) is 0.323. The highest BCUT2D eigenvalue weighted by Crippen LogP contribution is 2.47. The number of hydrazone groups is 1. The Bertz CT molecular complexity index is 1790. The number of hydroxylamine groups is 1. The summed E-state index contributed by atoms with van der Waals surface area (Å²) in [6, 6.07) is 16.5. The lowest BCUT2D eigenvalue weighted by Crippen LogP contribution is -2.59. The second kappa shape index (κ2) is 14.3. The second-order valence-corrected chi connectivity index (χ2v) is 13.9. The van der Waals surface area contributed by atoms with Crippen LogP contribution in [-0.2, 0) is 26.3 Å². The first-order valence-electron chi connectivity index (χ1n) is 14.5. The summed E-state index contributed by atoms with van der Waals surface area (Å²) >= 11 is 13.0. The Morgan fingerprint density at radius 1 is 1.07 bits per heavy atom. The molecule has 242 valence electrons. The maximum atomic E-state index is 14.4. The molecule has 0 saturated heterocycles. The standard InChI is InChI=1S/C31H33Cl2N7O5S/c1-46(43,44)39-25-11-4-5-12-26(25)40-28(23-14-13-20(32)16-24(23)33)27(21-9-2-3-10-22(21)31(40)42)30(41)38-45-17-18-7-6-8-19(15-18)29(36-34)37-35/h2-3,6-10,13-16,25-28,34,39H,4-5,11-12,17,35H2,1H3,(H,38,41)/b36-34?,37-29-/t25-,26-,27+,28-/m0/s1. The van der Waals surface area contributed by atoms with Crippen molar-refractivity contribution in [2.24, 2.45) is 16.1 Å². The molecule has 15 heteroatoms. The largest absolute Gasteiger partial charge is 0.326 e. The molecule has 1 fully saturated rings. The van der Waals surface area contributed by atoms with E-state index in [2.05, 4.69) is 20.4 Å². The number of benzene rings is 3. The third kappa shape index (κ3) is 7.24. The van der Waals surface area contributed by atoms with Crippen LogP contribution in [0.4, 0.5) is 0 Å². The van der Waals surface area contributed by atoms with Crippen LogP contribution < -0.4 is 16.0 Å². The van der Waals surface area contributed by atoms with Crippen molar-refractivity contribution in [1.82, 2.24) is 15.1 Å². The van der Waals surface area contributed by atoms with Gasteiger partial charge < -0.3 is 10.7 Å². The average molecular weight is 687 g/mol. The first-order chi connectivity index (χ1) is 22.0. The summed E-state index contributed by atoms with van der Waals surface area (Å²) in [7, 11) is -3.61. The Hall–Kier alpha value is -3.88. The summed E-state index contributed by atoms with van der Waals surface area (Å²) < 4.78 is 27.5. The summed E-state index contributed by atoms with van der Waals surface area (Å²) in [6.07, 6.45) is 3.68. The molecule has 0 bridgehead atoms. The fourth-order valence-corrected chi connectivity index (χ4v) is 7.70. The van der Waals surface area contributed by atoms with Gasteiger partial charge in [0.1, 0.15) is 0 Å². The monoisotopic (exact) mass is 685 g/mol. The van der Waals surface area contributed by atoms with Crippen LogP contribution in [0, 0.1) is 5.53 Å². The topological polar surface area (TPSA) is 179 Å². The lowest BCUT2D eigenvalue weighted by Gasteiger charge is -2.49. The van der Waals surface area contributed by atoms with Crippen LogP contribution in [0.15, 0.2) is 76.9 Å². The van der Waals surface area contributed by atoms with Crippen molar-refractivity contribution < 1.29 is 22.8 Å². The number of hydrogen-bond acceptors (Lipinski definition) is 8. The number of carbonyl (C=O) groups excluding carboxylic acids is 2. The number of rotatable bonds is 9. The van der Waals surface area contributed by atoms with Crippen LogP contribution in [0.5, 0.6) is 0 Å². The quantitative estimate of drug-likeness (QED) is 0.0806. The molecule has 12 nitrogen and oxygen atoms in total. The highest BCUT2D eigenvalue weighted by molar-refractivity contribution is 7.88. The van der Waals surface area contributed by atoms with Gasteiger partial charge in [-0.1, -0.05) is 78.5 Å². The summed E-state index contributed by atoms with van der Waals surface area (Å²) in [5, 5.41) is 7.44. The Labute approximate surface area is 276 Å². The summed E-state index contributed by atoms with van der Waals surface area (Å²) in [5.74, 6) is 3.50. The lowest BCUT2D eigenvalue weighted by atomic mass is 9.76. The van der Waals surface area contributed by atoms with Crippen molar-refractivity contribution in [2.75, 3.05) is 6.26 Å². The molecule has 3 aromatic carbocycles. The van der Waals surface area contributed by atoms with Gasteiger partial charge in [0.2, 0.25) is 10.0 Å². The first-order valence-corrected chi connectivity index (χ1v) is 17.2. The highest BCUT2D eigenvalue weighted by atomic mass is 35.5. The van der Waals surface area contributed by atoms with Gasteiger partial charge in [-0.15, -0.1) is 5.11 Å². The molecule has 3 aromatic rings. The summed E-state index contributed by atoms with van der Waals surface area (Å²) in [4.78, 5) is 35.9. The van der Waals surface area contributed by atoms with E-state index in [9.17, 15) is 18.0 Å². The maximum Gasteiger partial charge on any atom is 0.255 e. The third-order valence-corrected chi connectivity index (χ3v) is 9.51. The van der Waals surface area contributed by atoms with Gasteiger partial charge in [-0.05, 0) is 53.8 Å². The number of amidine groups is 1. The Morgan fingerprint density at radius 2 is 1.83 bits per heavy atom. The highest BCUT2D eigenvalue weighted by Gasteiger charge is 2.49. The normalized spacial score (nSPS) is 21.8. The third-order valence-electron chi connectivity index (χ3n) is 8.22. The van der Waals surface area contributed by atoms with Gasteiger partial charge in [-0.25, -0.2) is 24.2 Å². The van der Waals surface area contributed by atoms with E-state index in [0.717, 1.165) is 19.1 Å². The minimum Gasteiger partial charge on any atom is -0.326 e. The molecule has 5 rings (SSSR count). The van der Waals surface area contributed by atoms with E-state index < -0.39 is 40.0 Å². The molecule has 0 spiro atoms. The molecule has 2 aliphatic rings. The number of carbonyl (C=O) groups is 2. The number of nitrogens with two attached hydrogens (primary N) is 1. The predicted octanol–water partition coefficient (Wildman–Crippen LogP) is 5.03. The first kappa shape index (κ1) is 33.5. The summed E-state index contributed by atoms with van der Waals surface area (Å²) in [6.45, 7) is -0.0399. The minimum absolute atomic E-state index is 0.0310. The van der Waals surface area contributed by atoms with Crippen molar-refractivity contribution in [3.8, 4) is 0 Å². The van der Waals surface area contributed by atoms with E-state index >= 15 is 0 Å². The van der Waals surface area contributed by atoms with Crippen LogP contribution >= 0.6 is 23.2 Å². The molecule has 1 aliphatic carbocycles. The molecule has 46 heavy (non-hydrogen) atoms. The molecule has 0 radical (unpaired) electrons. The molecular formula is C31H33Cl2N7O5S. The van der Waals surface area contributed by atoms with E-state index in [1.165, 1.54) is 0 Å². The number of nitrogens with zero attached hydrogens (tertiary/aromatic N) is 3. The Kier molecular flexibility index (Phi) is 10.4. The van der Waals surface area contributed by atoms with E-state index in [1.54, 1.807) is 71.6 Å². The van der Waals surface area contributed by atoms with Crippen molar-refractivity contribution in [2.45, 2.75) is 56.3 Å². The number of hydrogen-bond donors (Lipinski definition) is 4. The van der Waals surface area contributed by atoms with Crippen LogP contribution in [0.2, 0.25) is 10.0 Å².